The molecule has 0 radical (unpaired) electrons. The molecular formula is C12H14BrNO2. The van der Waals surface area contributed by atoms with Gasteiger partial charge in [-0.25, -0.2) is 0 Å². The first-order chi connectivity index (χ1) is 7.58. The predicted octanol–water partition coefficient (Wildman–Crippen LogP) is 3.18. The molecule has 0 aliphatic carbocycles. The van der Waals surface area contributed by atoms with Gasteiger partial charge in [-0.3, -0.25) is 0 Å². The number of benzene rings is 1. The first kappa shape index (κ1) is 13.0. The Bertz CT molecular complexity index is 398. The lowest BCUT2D eigenvalue weighted by Gasteiger charge is -2.16. The highest BCUT2D eigenvalue weighted by molar-refractivity contribution is 9.10. The number of hydrogen-bond donors (Lipinski definition) is 1. The molecule has 0 aliphatic heterocycles. The Morgan fingerprint density at radius 2 is 2.25 bits per heavy atom. The summed E-state index contributed by atoms with van der Waals surface area (Å²) in [5, 5.41) is 18.4. The van der Waals surface area contributed by atoms with Gasteiger partial charge >= 0.3 is 0 Å². The van der Waals surface area contributed by atoms with Gasteiger partial charge in [-0.05, 0) is 25.5 Å². The molecule has 0 saturated heterocycles. The van der Waals surface area contributed by atoms with E-state index in [9.17, 15) is 5.11 Å². The summed E-state index contributed by atoms with van der Waals surface area (Å²) in [7, 11) is 0. The van der Waals surface area contributed by atoms with Gasteiger partial charge in [0.1, 0.15) is 11.8 Å². The van der Waals surface area contributed by atoms with Crippen molar-refractivity contribution >= 4 is 15.9 Å². The van der Waals surface area contributed by atoms with Crippen LogP contribution in [0.4, 0.5) is 0 Å². The van der Waals surface area contributed by atoms with Crippen LogP contribution >= 0.6 is 15.9 Å². The van der Waals surface area contributed by atoms with E-state index in [0.29, 0.717) is 17.7 Å². The van der Waals surface area contributed by atoms with Crippen molar-refractivity contribution in [3.8, 4) is 11.8 Å². The fourth-order valence-electron chi connectivity index (χ4n) is 1.31. The molecule has 0 spiro atoms. The van der Waals surface area contributed by atoms with E-state index in [-0.39, 0.29) is 0 Å². The van der Waals surface area contributed by atoms with Crippen LogP contribution in [0.25, 0.3) is 0 Å². The molecule has 86 valence electrons. The molecule has 0 aliphatic rings. The van der Waals surface area contributed by atoms with Gasteiger partial charge in [-0.2, -0.15) is 5.26 Å². The van der Waals surface area contributed by atoms with E-state index >= 15 is 0 Å². The summed E-state index contributed by atoms with van der Waals surface area (Å²) in [5.41, 5.74) is 0.692. The predicted molar refractivity (Wildman–Crippen MR) is 65.1 cm³/mol. The lowest BCUT2D eigenvalue weighted by molar-refractivity contribution is 0.184. The van der Waals surface area contributed by atoms with E-state index in [4.69, 9.17) is 10.00 Å². The van der Waals surface area contributed by atoms with Crippen LogP contribution in [0.1, 0.15) is 31.9 Å². The maximum atomic E-state index is 9.58. The smallest absolute Gasteiger partial charge is 0.184 e. The van der Waals surface area contributed by atoms with Crippen LogP contribution in [0.2, 0.25) is 0 Å². The maximum absolute atomic E-state index is 9.58. The van der Waals surface area contributed by atoms with E-state index in [1.807, 2.05) is 13.0 Å². The largest absolute Gasteiger partial charge is 0.475 e. The summed E-state index contributed by atoms with van der Waals surface area (Å²) in [6, 6.07) is 7.45. The summed E-state index contributed by atoms with van der Waals surface area (Å²) in [4.78, 5) is 0. The molecule has 16 heavy (non-hydrogen) atoms. The summed E-state index contributed by atoms with van der Waals surface area (Å²) < 4.78 is 6.40. The molecular weight excluding hydrogens is 270 g/mol. The highest BCUT2D eigenvalue weighted by atomic mass is 79.9. The molecule has 0 fully saturated rings. The Morgan fingerprint density at radius 1 is 1.56 bits per heavy atom. The lowest BCUT2D eigenvalue weighted by Crippen LogP contribution is -2.13. The number of hydrogen-bond acceptors (Lipinski definition) is 3. The van der Waals surface area contributed by atoms with Crippen LogP contribution in [-0.4, -0.2) is 11.2 Å². The van der Waals surface area contributed by atoms with Crippen LogP contribution in [-0.2, 0) is 0 Å². The second kappa shape index (κ2) is 5.88. The van der Waals surface area contributed by atoms with Gasteiger partial charge in [-0.15, -0.1) is 0 Å². The summed E-state index contributed by atoms with van der Waals surface area (Å²) in [5.74, 6) is 0.553. The number of aliphatic hydroxyl groups excluding tert-OH is 1. The van der Waals surface area contributed by atoms with Gasteiger partial charge in [0.2, 0.25) is 0 Å². The average molecular weight is 284 g/mol. The zero-order valence-electron chi connectivity index (χ0n) is 9.27. The van der Waals surface area contributed by atoms with Crippen molar-refractivity contribution in [2.24, 2.45) is 0 Å². The normalized spacial score (nSPS) is 13.9. The molecule has 1 N–H and O–H groups in total. The molecule has 0 bridgehead atoms. The summed E-state index contributed by atoms with van der Waals surface area (Å²) in [6.45, 7) is 3.55. The molecule has 1 rings (SSSR count). The molecule has 0 amide bonds. The van der Waals surface area contributed by atoms with Gasteiger partial charge in [0.05, 0.1) is 6.10 Å². The highest BCUT2D eigenvalue weighted by Crippen LogP contribution is 2.29. The Hall–Kier alpha value is -1.05. The Morgan fingerprint density at radius 3 is 2.75 bits per heavy atom. The number of ether oxygens (including phenoxy) is 1. The first-order valence-electron chi connectivity index (χ1n) is 5.12. The van der Waals surface area contributed by atoms with E-state index in [1.165, 1.54) is 0 Å². The van der Waals surface area contributed by atoms with Gasteiger partial charge in [0, 0.05) is 10.0 Å². The van der Waals surface area contributed by atoms with Crippen molar-refractivity contribution in [2.45, 2.75) is 32.5 Å². The standard InChI is InChI=1S/C12H14BrNO2/c1-3-10(7-14)16-12-6-9(13)4-5-11(12)8(2)15/h4-6,8,10,15H,3H2,1-2H3/t8-,10?/m0/s1. The van der Waals surface area contributed by atoms with Crippen LogP contribution in [0, 0.1) is 11.3 Å². The van der Waals surface area contributed by atoms with Gasteiger partial charge in [0.25, 0.3) is 0 Å². The van der Waals surface area contributed by atoms with E-state index in [0.717, 1.165) is 4.47 Å². The van der Waals surface area contributed by atoms with Gasteiger partial charge in [-0.1, -0.05) is 28.9 Å². The highest BCUT2D eigenvalue weighted by Gasteiger charge is 2.13. The Balaban J connectivity index is 3.01. The second-order valence-corrected chi connectivity index (χ2v) is 4.42. The molecule has 3 nitrogen and oxygen atoms in total. The molecule has 0 heterocycles. The van der Waals surface area contributed by atoms with Crippen molar-refractivity contribution in [1.29, 1.82) is 5.26 Å². The minimum absolute atomic E-state index is 0.480. The lowest BCUT2D eigenvalue weighted by atomic mass is 10.1. The Labute approximate surface area is 104 Å². The molecule has 1 aromatic rings. The first-order valence-corrected chi connectivity index (χ1v) is 5.91. The number of aliphatic hydroxyl groups is 1. The van der Waals surface area contributed by atoms with Gasteiger partial charge in [0.15, 0.2) is 6.10 Å². The zero-order valence-corrected chi connectivity index (χ0v) is 10.9. The number of rotatable bonds is 4. The van der Waals surface area contributed by atoms with E-state index < -0.39 is 12.2 Å². The average Bonchev–Trinajstić information content (AvgIpc) is 2.25. The van der Waals surface area contributed by atoms with E-state index in [1.54, 1.807) is 19.1 Å². The number of nitriles is 1. The third-order valence-corrected chi connectivity index (χ3v) is 2.70. The number of nitrogens with zero attached hydrogens (tertiary/aromatic N) is 1. The van der Waals surface area contributed by atoms with Crippen molar-refractivity contribution in [2.75, 3.05) is 0 Å². The van der Waals surface area contributed by atoms with Crippen molar-refractivity contribution in [3.05, 3.63) is 28.2 Å². The van der Waals surface area contributed by atoms with E-state index in [2.05, 4.69) is 22.0 Å². The maximum Gasteiger partial charge on any atom is 0.184 e. The topological polar surface area (TPSA) is 53.2 Å². The summed E-state index contributed by atoms with van der Waals surface area (Å²) >= 11 is 3.33. The molecule has 1 unspecified atom stereocenters. The fourth-order valence-corrected chi connectivity index (χ4v) is 1.65. The monoisotopic (exact) mass is 283 g/mol. The van der Waals surface area contributed by atoms with Crippen LogP contribution in [0.5, 0.6) is 5.75 Å². The van der Waals surface area contributed by atoms with Crippen molar-refractivity contribution in [1.82, 2.24) is 0 Å². The SMILES string of the molecule is CCC(C#N)Oc1cc(Br)ccc1[C@H](C)O. The minimum Gasteiger partial charge on any atom is -0.475 e. The number of halogens is 1. The Kier molecular flexibility index (Phi) is 4.78. The van der Waals surface area contributed by atoms with Crippen LogP contribution in [0.3, 0.4) is 0 Å². The third kappa shape index (κ3) is 3.22. The fraction of sp³-hybridized carbons (Fsp3) is 0.417. The zero-order chi connectivity index (χ0) is 12.1. The molecule has 2 atom stereocenters. The second-order valence-electron chi connectivity index (χ2n) is 3.50. The molecule has 0 saturated carbocycles. The molecule has 1 aromatic carbocycles. The summed E-state index contributed by atoms with van der Waals surface area (Å²) in [6.07, 6.45) is -0.478. The molecule has 4 heteroatoms. The van der Waals surface area contributed by atoms with Crippen LogP contribution in [0.15, 0.2) is 22.7 Å². The minimum atomic E-state index is -0.612. The van der Waals surface area contributed by atoms with Crippen LogP contribution < -0.4 is 4.74 Å². The van der Waals surface area contributed by atoms with Crippen molar-refractivity contribution < 1.29 is 9.84 Å². The van der Waals surface area contributed by atoms with Gasteiger partial charge < -0.3 is 9.84 Å². The molecule has 0 aromatic heterocycles. The quantitative estimate of drug-likeness (QED) is 0.923. The van der Waals surface area contributed by atoms with Crippen molar-refractivity contribution in [3.63, 3.8) is 0 Å². The third-order valence-electron chi connectivity index (χ3n) is 2.21.